The van der Waals surface area contributed by atoms with Crippen LogP contribution < -0.4 is 20.7 Å². The number of halogens is 1. The van der Waals surface area contributed by atoms with Crippen LogP contribution in [0.25, 0.3) is 11.0 Å². The Bertz CT molecular complexity index is 942. The summed E-state index contributed by atoms with van der Waals surface area (Å²) < 4.78 is 6.92. The molecule has 0 saturated carbocycles. The Hall–Kier alpha value is -2.63. The summed E-state index contributed by atoms with van der Waals surface area (Å²) in [6.07, 6.45) is 4.19. The molecule has 0 aliphatic carbocycles. The van der Waals surface area contributed by atoms with Crippen molar-refractivity contribution in [2.45, 2.75) is 13.3 Å². The van der Waals surface area contributed by atoms with Gasteiger partial charge in [-0.3, -0.25) is 9.67 Å². The molecule has 0 amide bonds. The monoisotopic (exact) mass is 524 g/mol. The van der Waals surface area contributed by atoms with Gasteiger partial charge in [-0.1, -0.05) is 12.1 Å². The standard InChI is InChI=1S/C20H28N8O.HI/c1-4-21-20(23-10-9-15-5-7-16(29-3)8-6-15)24-12-11-22-18-17-13-27-28(2)19(17)26-14-25-18;/h5-8,13-14H,4,9-12H2,1-3H3,(H2,21,23,24)(H,22,25,26);1H. The van der Waals surface area contributed by atoms with Gasteiger partial charge in [-0.15, -0.1) is 24.0 Å². The van der Waals surface area contributed by atoms with Crippen LogP contribution in [0.3, 0.4) is 0 Å². The zero-order valence-electron chi connectivity index (χ0n) is 17.6. The van der Waals surface area contributed by atoms with Gasteiger partial charge in [0, 0.05) is 33.2 Å². The average Bonchev–Trinajstić information content (AvgIpc) is 3.13. The molecule has 2 heterocycles. The highest BCUT2D eigenvalue weighted by Crippen LogP contribution is 2.17. The third-order valence-electron chi connectivity index (χ3n) is 4.41. The Morgan fingerprint density at radius 2 is 1.93 bits per heavy atom. The van der Waals surface area contributed by atoms with Crippen LogP contribution in [0.15, 0.2) is 41.8 Å². The molecule has 2 aromatic heterocycles. The predicted octanol–water partition coefficient (Wildman–Crippen LogP) is 2.20. The minimum atomic E-state index is 0. The molecular weight excluding hydrogens is 495 g/mol. The molecule has 0 bridgehead atoms. The van der Waals surface area contributed by atoms with Gasteiger partial charge in [-0.05, 0) is 31.0 Å². The Labute approximate surface area is 193 Å². The summed E-state index contributed by atoms with van der Waals surface area (Å²) in [5, 5.41) is 15.1. The van der Waals surface area contributed by atoms with E-state index >= 15 is 0 Å². The molecule has 3 rings (SSSR count). The van der Waals surface area contributed by atoms with Crippen molar-refractivity contribution in [3.63, 3.8) is 0 Å². The molecule has 0 radical (unpaired) electrons. The van der Waals surface area contributed by atoms with Crippen molar-refractivity contribution in [1.29, 1.82) is 0 Å². The van der Waals surface area contributed by atoms with Gasteiger partial charge in [-0.25, -0.2) is 9.97 Å². The maximum absolute atomic E-state index is 5.19. The van der Waals surface area contributed by atoms with Crippen molar-refractivity contribution in [3.05, 3.63) is 42.4 Å². The first-order valence-electron chi connectivity index (χ1n) is 9.73. The Balaban J connectivity index is 0.00000320. The molecule has 3 aromatic rings. The summed E-state index contributed by atoms with van der Waals surface area (Å²) >= 11 is 0. The number of rotatable bonds is 9. The molecule has 0 aliphatic rings. The predicted molar refractivity (Wildman–Crippen MR) is 131 cm³/mol. The SMILES string of the molecule is CCNC(=NCCc1ccc(OC)cc1)NCCNc1ncnc2c1cnn2C.I. The molecule has 3 N–H and O–H groups in total. The van der Waals surface area contributed by atoms with E-state index in [0.717, 1.165) is 41.5 Å². The van der Waals surface area contributed by atoms with Crippen molar-refractivity contribution < 1.29 is 4.74 Å². The molecule has 0 saturated heterocycles. The first kappa shape index (κ1) is 23.6. The van der Waals surface area contributed by atoms with Crippen LogP contribution >= 0.6 is 24.0 Å². The van der Waals surface area contributed by atoms with Crippen molar-refractivity contribution in [2.24, 2.45) is 12.0 Å². The van der Waals surface area contributed by atoms with Gasteiger partial charge in [-0.2, -0.15) is 5.10 Å². The number of hydrogen-bond acceptors (Lipinski definition) is 6. The minimum Gasteiger partial charge on any atom is -0.497 e. The van der Waals surface area contributed by atoms with Gasteiger partial charge >= 0.3 is 0 Å². The summed E-state index contributed by atoms with van der Waals surface area (Å²) in [6, 6.07) is 8.08. The first-order chi connectivity index (χ1) is 14.2. The lowest BCUT2D eigenvalue weighted by atomic mass is 10.1. The number of ether oxygens (including phenoxy) is 1. The van der Waals surface area contributed by atoms with Gasteiger partial charge in [0.15, 0.2) is 11.6 Å². The van der Waals surface area contributed by atoms with E-state index in [1.807, 2.05) is 19.2 Å². The molecule has 10 heteroatoms. The van der Waals surface area contributed by atoms with Gasteiger partial charge in [0.2, 0.25) is 0 Å². The van der Waals surface area contributed by atoms with Crippen molar-refractivity contribution in [1.82, 2.24) is 30.4 Å². The van der Waals surface area contributed by atoms with Crippen molar-refractivity contribution in [2.75, 3.05) is 38.6 Å². The van der Waals surface area contributed by atoms with E-state index in [1.54, 1.807) is 24.3 Å². The number of hydrogen-bond donors (Lipinski definition) is 3. The molecule has 0 unspecified atom stereocenters. The highest BCUT2D eigenvalue weighted by Gasteiger charge is 2.07. The van der Waals surface area contributed by atoms with Crippen LogP contribution in [-0.4, -0.2) is 59.0 Å². The molecule has 0 aliphatic heterocycles. The number of benzene rings is 1. The third kappa shape index (κ3) is 6.44. The van der Waals surface area contributed by atoms with E-state index in [1.165, 1.54) is 5.56 Å². The van der Waals surface area contributed by atoms with Crippen LogP contribution in [0.2, 0.25) is 0 Å². The van der Waals surface area contributed by atoms with Gasteiger partial charge < -0.3 is 20.7 Å². The Kier molecular flexibility index (Phi) is 9.58. The van der Waals surface area contributed by atoms with Gasteiger partial charge in [0.05, 0.1) is 18.7 Å². The van der Waals surface area contributed by atoms with Gasteiger partial charge in [0.25, 0.3) is 0 Å². The fraction of sp³-hybridized carbons (Fsp3) is 0.400. The van der Waals surface area contributed by atoms with Crippen molar-refractivity contribution in [3.8, 4) is 5.75 Å². The molecular formula is C20H29IN8O. The Morgan fingerprint density at radius 1 is 1.13 bits per heavy atom. The smallest absolute Gasteiger partial charge is 0.191 e. The van der Waals surface area contributed by atoms with E-state index in [2.05, 4.69) is 55.1 Å². The number of nitrogens with one attached hydrogen (secondary N) is 3. The lowest BCUT2D eigenvalue weighted by Gasteiger charge is -2.12. The van der Waals surface area contributed by atoms with Crippen LogP contribution in [0, 0.1) is 0 Å². The zero-order valence-corrected chi connectivity index (χ0v) is 19.9. The molecule has 9 nitrogen and oxygen atoms in total. The van der Waals surface area contributed by atoms with E-state index < -0.39 is 0 Å². The summed E-state index contributed by atoms with van der Waals surface area (Å²) in [4.78, 5) is 13.2. The molecule has 1 aromatic carbocycles. The number of anilines is 1. The number of nitrogens with zero attached hydrogens (tertiary/aromatic N) is 5. The Morgan fingerprint density at radius 3 is 2.67 bits per heavy atom. The minimum absolute atomic E-state index is 0. The van der Waals surface area contributed by atoms with E-state index in [9.17, 15) is 0 Å². The first-order valence-corrected chi connectivity index (χ1v) is 9.73. The fourth-order valence-corrected chi connectivity index (χ4v) is 2.90. The lowest BCUT2D eigenvalue weighted by molar-refractivity contribution is 0.414. The number of guanidine groups is 1. The van der Waals surface area contributed by atoms with Crippen molar-refractivity contribution >= 4 is 46.8 Å². The summed E-state index contributed by atoms with van der Waals surface area (Å²) in [6.45, 7) is 4.98. The van der Waals surface area contributed by atoms with Gasteiger partial charge in [0.1, 0.15) is 17.9 Å². The van der Waals surface area contributed by atoms with Crippen LogP contribution in [0.5, 0.6) is 5.75 Å². The topological polar surface area (TPSA) is 101 Å². The molecule has 0 fully saturated rings. The summed E-state index contributed by atoms with van der Waals surface area (Å²) in [5.74, 6) is 2.45. The molecule has 30 heavy (non-hydrogen) atoms. The number of fused-ring (bicyclic) bond motifs is 1. The largest absolute Gasteiger partial charge is 0.497 e. The van der Waals surface area contributed by atoms with Crippen LogP contribution in [0.4, 0.5) is 5.82 Å². The maximum atomic E-state index is 5.19. The summed E-state index contributed by atoms with van der Waals surface area (Å²) in [7, 11) is 3.54. The lowest BCUT2D eigenvalue weighted by Crippen LogP contribution is -2.39. The maximum Gasteiger partial charge on any atom is 0.191 e. The van der Waals surface area contributed by atoms with E-state index in [4.69, 9.17) is 4.74 Å². The fourth-order valence-electron chi connectivity index (χ4n) is 2.90. The highest BCUT2D eigenvalue weighted by molar-refractivity contribution is 14.0. The van der Waals surface area contributed by atoms with Crippen LogP contribution in [-0.2, 0) is 13.5 Å². The third-order valence-corrected chi connectivity index (χ3v) is 4.41. The summed E-state index contributed by atoms with van der Waals surface area (Å²) in [5.41, 5.74) is 2.04. The number of aryl methyl sites for hydroxylation is 1. The average molecular weight is 524 g/mol. The molecule has 0 spiro atoms. The molecule has 0 atom stereocenters. The second-order valence-electron chi connectivity index (χ2n) is 6.44. The molecule has 162 valence electrons. The normalized spacial score (nSPS) is 11.1. The van der Waals surface area contributed by atoms with E-state index in [-0.39, 0.29) is 24.0 Å². The number of methoxy groups -OCH3 is 1. The zero-order chi connectivity index (χ0) is 20.5. The number of aliphatic imine (C=N–C) groups is 1. The van der Waals surface area contributed by atoms with E-state index in [0.29, 0.717) is 19.6 Å². The quantitative estimate of drug-likeness (QED) is 0.171. The number of aromatic nitrogens is 4. The second kappa shape index (κ2) is 12.2. The van der Waals surface area contributed by atoms with Crippen LogP contribution in [0.1, 0.15) is 12.5 Å². The highest BCUT2D eigenvalue weighted by atomic mass is 127. The second-order valence-corrected chi connectivity index (χ2v) is 6.44.